The molecule has 0 amide bonds. The molecule has 0 aromatic heterocycles. The lowest BCUT2D eigenvalue weighted by molar-refractivity contribution is -0.143. The van der Waals surface area contributed by atoms with Crippen molar-refractivity contribution >= 4 is 12.4 Å². The first-order valence-corrected chi connectivity index (χ1v) is 11.4. The molecule has 0 atom stereocenters. The van der Waals surface area contributed by atoms with Gasteiger partial charge in [0.2, 0.25) is 0 Å². The van der Waals surface area contributed by atoms with Gasteiger partial charge >= 0.3 is 5.97 Å². The minimum Gasteiger partial charge on any atom is -0.481 e. The zero-order valence-corrected chi connectivity index (χ0v) is 17.9. The van der Waals surface area contributed by atoms with E-state index in [0.717, 1.165) is 77.0 Å². The van der Waals surface area contributed by atoms with E-state index in [-0.39, 0.29) is 11.0 Å². The molecule has 1 aromatic rings. The Hall–Kier alpha value is -1.84. The van der Waals surface area contributed by atoms with Gasteiger partial charge in [0, 0.05) is 0 Å². The molecule has 1 aromatic carbocycles. The average Bonchev–Trinajstić information content (AvgIpc) is 3.61. The Kier molecular flexibility index (Phi) is 7.37. The first-order valence-electron chi connectivity index (χ1n) is 11.4. The zero-order chi connectivity index (χ0) is 20.7. The van der Waals surface area contributed by atoms with Crippen LogP contribution in [0.25, 0.3) is 0 Å². The molecule has 0 bridgehead atoms. The smallest absolute Gasteiger partial charge is 0.309 e. The fourth-order valence-electron chi connectivity index (χ4n) is 4.45. The van der Waals surface area contributed by atoms with Crippen LogP contribution >= 0.6 is 0 Å². The van der Waals surface area contributed by atoms with Crippen molar-refractivity contribution in [3.63, 3.8) is 0 Å². The zero-order valence-electron chi connectivity index (χ0n) is 17.9. The summed E-state index contributed by atoms with van der Waals surface area (Å²) in [5.74, 6) is -0.593. The summed E-state index contributed by atoms with van der Waals surface area (Å²) < 4.78 is 5.22. The third-order valence-corrected chi connectivity index (χ3v) is 7.03. The molecule has 160 valence electrons. The minimum absolute atomic E-state index is 0.110. The van der Waals surface area contributed by atoms with Crippen molar-refractivity contribution in [1.82, 2.24) is 0 Å². The molecule has 0 heterocycles. The van der Waals surface area contributed by atoms with Crippen molar-refractivity contribution in [3.8, 4) is 0 Å². The molecule has 2 aliphatic carbocycles. The van der Waals surface area contributed by atoms with Crippen LogP contribution in [0, 0.1) is 12.3 Å². The molecule has 0 spiro atoms. The van der Waals surface area contributed by atoms with Crippen LogP contribution in [0.3, 0.4) is 0 Å². The van der Waals surface area contributed by atoms with Crippen molar-refractivity contribution in [3.05, 3.63) is 34.9 Å². The van der Waals surface area contributed by atoms with Gasteiger partial charge in [-0.05, 0) is 94.2 Å². The van der Waals surface area contributed by atoms with Crippen LogP contribution in [0.15, 0.2) is 18.2 Å². The van der Waals surface area contributed by atoms with Crippen LogP contribution in [0.2, 0.25) is 0 Å². The number of hydrogen-bond donors (Lipinski definition) is 1. The van der Waals surface area contributed by atoms with Crippen LogP contribution in [0.1, 0.15) is 93.7 Å². The maximum Gasteiger partial charge on any atom is 0.309 e. The van der Waals surface area contributed by atoms with Gasteiger partial charge in [-0.25, -0.2) is 0 Å². The molecular weight excluding hydrogens is 364 g/mol. The topological polar surface area (TPSA) is 63.6 Å². The van der Waals surface area contributed by atoms with E-state index in [2.05, 4.69) is 25.1 Å². The monoisotopic (exact) mass is 400 g/mol. The third kappa shape index (κ3) is 6.32. The van der Waals surface area contributed by atoms with Crippen molar-refractivity contribution in [2.75, 3.05) is 0 Å². The number of carbonyl (C=O) groups is 2. The predicted octanol–water partition coefficient (Wildman–Crippen LogP) is 5.77. The van der Waals surface area contributed by atoms with Gasteiger partial charge in [-0.3, -0.25) is 9.59 Å². The lowest BCUT2D eigenvalue weighted by Crippen LogP contribution is -2.14. The number of rotatable bonds is 15. The maximum atomic E-state index is 11.2. The Bertz CT molecular complexity index is 701. The van der Waals surface area contributed by atoms with Gasteiger partial charge in [-0.1, -0.05) is 37.5 Å². The van der Waals surface area contributed by atoms with Crippen molar-refractivity contribution in [1.29, 1.82) is 0 Å². The maximum absolute atomic E-state index is 11.2. The van der Waals surface area contributed by atoms with Gasteiger partial charge in [-0.15, -0.1) is 0 Å². The number of aryl methyl sites for hydroxylation is 3. The third-order valence-electron chi connectivity index (χ3n) is 7.03. The van der Waals surface area contributed by atoms with Crippen LogP contribution in [0.4, 0.5) is 0 Å². The molecule has 2 aliphatic rings. The molecule has 4 heteroatoms. The van der Waals surface area contributed by atoms with Crippen LogP contribution < -0.4 is 0 Å². The molecular formula is C25H36O4. The van der Waals surface area contributed by atoms with Gasteiger partial charge in [0.25, 0.3) is 6.47 Å². The molecule has 4 nitrogen and oxygen atoms in total. The second-order valence-corrected chi connectivity index (χ2v) is 9.36. The summed E-state index contributed by atoms with van der Waals surface area (Å²) >= 11 is 0. The SMILES string of the molecule is Cc1ccc(CCCCCC2(C(=O)O)CC2)cc1CCCCCC1(OC=O)CC1. The van der Waals surface area contributed by atoms with Gasteiger partial charge in [-0.2, -0.15) is 0 Å². The summed E-state index contributed by atoms with van der Waals surface area (Å²) in [5, 5.41) is 9.25. The Morgan fingerprint density at radius 1 is 1.00 bits per heavy atom. The van der Waals surface area contributed by atoms with Crippen LogP contribution in [0.5, 0.6) is 0 Å². The number of benzene rings is 1. The molecule has 0 unspecified atom stereocenters. The Balaban J connectivity index is 1.32. The first kappa shape index (κ1) is 21.9. The van der Waals surface area contributed by atoms with E-state index in [9.17, 15) is 14.7 Å². The van der Waals surface area contributed by atoms with Crippen LogP contribution in [-0.4, -0.2) is 23.1 Å². The van der Waals surface area contributed by atoms with E-state index in [1.165, 1.54) is 29.5 Å². The molecule has 3 rings (SSSR count). The highest BCUT2D eigenvalue weighted by Crippen LogP contribution is 2.50. The second-order valence-electron chi connectivity index (χ2n) is 9.36. The van der Waals surface area contributed by atoms with Crippen molar-refractivity contribution in [2.24, 2.45) is 5.41 Å². The van der Waals surface area contributed by atoms with E-state index in [4.69, 9.17) is 4.74 Å². The molecule has 0 aliphatic heterocycles. The van der Waals surface area contributed by atoms with Gasteiger partial charge in [0.1, 0.15) is 5.60 Å². The van der Waals surface area contributed by atoms with E-state index in [1.807, 2.05) is 0 Å². The Morgan fingerprint density at radius 3 is 2.31 bits per heavy atom. The van der Waals surface area contributed by atoms with Crippen molar-refractivity contribution in [2.45, 2.75) is 102 Å². The summed E-state index contributed by atoms with van der Waals surface area (Å²) in [4.78, 5) is 21.8. The van der Waals surface area contributed by atoms with Crippen LogP contribution in [-0.2, 0) is 27.2 Å². The summed E-state index contributed by atoms with van der Waals surface area (Å²) in [7, 11) is 0. The number of aliphatic carboxylic acids is 1. The van der Waals surface area contributed by atoms with E-state index in [1.54, 1.807) is 0 Å². The quantitative estimate of drug-likeness (QED) is 0.300. The number of carboxylic acid groups (broad SMARTS) is 1. The highest BCUT2D eigenvalue weighted by atomic mass is 16.5. The normalized spacial score (nSPS) is 18.2. The van der Waals surface area contributed by atoms with E-state index >= 15 is 0 Å². The van der Waals surface area contributed by atoms with Gasteiger partial charge in [0.15, 0.2) is 0 Å². The average molecular weight is 401 g/mol. The number of carboxylic acids is 1. The highest BCUT2D eigenvalue weighted by molar-refractivity contribution is 5.77. The Labute approximate surface area is 175 Å². The van der Waals surface area contributed by atoms with Gasteiger partial charge < -0.3 is 9.84 Å². The molecule has 2 fully saturated rings. The summed E-state index contributed by atoms with van der Waals surface area (Å²) in [6.07, 6.45) is 14.6. The molecule has 1 N–H and O–H groups in total. The Morgan fingerprint density at radius 2 is 1.69 bits per heavy atom. The number of carbonyl (C=O) groups excluding carboxylic acids is 1. The molecule has 2 saturated carbocycles. The number of hydrogen-bond acceptors (Lipinski definition) is 3. The lowest BCUT2D eigenvalue weighted by Gasteiger charge is -2.13. The van der Waals surface area contributed by atoms with E-state index < -0.39 is 5.97 Å². The largest absolute Gasteiger partial charge is 0.481 e. The molecule has 0 radical (unpaired) electrons. The second kappa shape index (κ2) is 9.77. The van der Waals surface area contributed by atoms with E-state index in [0.29, 0.717) is 6.47 Å². The minimum atomic E-state index is -0.593. The fourth-order valence-corrected chi connectivity index (χ4v) is 4.45. The standard InChI is InChI=1S/C25H36O4/c1-20-10-11-21(8-4-2-6-12-24(14-15-24)23(27)28)18-22(20)9-5-3-7-13-25(16-17-25)29-19-26/h10-11,18-19H,2-9,12-17H2,1H3,(H,27,28). The lowest BCUT2D eigenvalue weighted by atomic mass is 9.95. The summed E-state index contributed by atoms with van der Waals surface area (Å²) in [5.41, 5.74) is 3.75. The fraction of sp³-hybridized carbons (Fsp3) is 0.680. The predicted molar refractivity (Wildman–Crippen MR) is 114 cm³/mol. The number of ether oxygens (including phenoxy) is 1. The first-order chi connectivity index (χ1) is 14.0. The number of unbranched alkanes of at least 4 members (excludes halogenated alkanes) is 4. The molecule has 0 saturated heterocycles. The van der Waals surface area contributed by atoms with Crippen molar-refractivity contribution < 1.29 is 19.4 Å². The van der Waals surface area contributed by atoms with Gasteiger partial charge in [0.05, 0.1) is 5.41 Å². The summed E-state index contributed by atoms with van der Waals surface area (Å²) in [6, 6.07) is 6.85. The molecule has 29 heavy (non-hydrogen) atoms. The summed E-state index contributed by atoms with van der Waals surface area (Å²) in [6.45, 7) is 2.80. The highest BCUT2D eigenvalue weighted by Gasteiger charge is 2.49.